The number of amides is 1. The number of rotatable bonds is 5. The highest BCUT2D eigenvalue weighted by atomic mass is 32.1. The van der Waals surface area contributed by atoms with Gasteiger partial charge in [0.05, 0.1) is 25.2 Å². The van der Waals surface area contributed by atoms with E-state index in [0.717, 1.165) is 37.9 Å². The number of carbonyl (C=O) groups is 2. The molecule has 1 amide bonds. The first-order valence-electron chi connectivity index (χ1n) is 7.30. The van der Waals surface area contributed by atoms with E-state index in [1.807, 2.05) is 5.38 Å². The van der Waals surface area contributed by atoms with Crippen LogP contribution in [-0.4, -0.2) is 31.7 Å². The van der Waals surface area contributed by atoms with Crippen LogP contribution in [0.25, 0.3) is 0 Å². The summed E-state index contributed by atoms with van der Waals surface area (Å²) in [6, 6.07) is 0. The van der Waals surface area contributed by atoms with Crippen LogP contribution in [-0.2, 0) is 14.3 Å². The molecule has 1 saturated carbocycles. The summed E-state index contributed by atoms with van der Waals surface area (Å²) < 4.78 is 10.3. The summed E-state index contributed by atoms with van der Waals surface area (Å²) in [5.41, 5.74) is 1.55. The van der Waals surface area contributed by atoms with Crippen molar-refractivity contribution in [1.82, 2.24) is 0 Å². The molecule has 1 aliphatic heterocycles. The molecule has 0 spiro atoms. The van der Waals surface area contributed by atoms with Crippen molar-refractivity contribution < 1.29 is 19.1 Å². The summed E-state index contributed by atoms with van der Waals surface area (Å²) in [5, 5.41) is 5.42. The Bertz CT molecular complexity index is 544. The van der Waals surface area contributed by atoms with E-state index in [1.54, 1.807) is 0 Å². The predicted molar refractivity (Wildman–Crippen MR) is 79.9 cm³/mol. The first kappa shape index (κ1) is 14.5. The fraction of sp³-hybridized carbons (Fsp3) is 0.600. The predicted octanol–water partition coefficient (Wildman–Crippen LogP) is 2.92. The second kappa shape index (κ2) is 6.15. The fourth-order valence-corrected chi connectivity index (χ4v) is 3.71. The van der Waals surface area contributed by atoms with Gasteiger partial charge >= 0.3 is 5.97 Å². The molecule has 1 aliphatic carbocycles. The highest BCUT2D eigenvalue weighted by molar-refractivity contribution is 7.15. The lowest BCUT2D eigenvalue weighted by Gasteiger charge is -2.10. The standard InChI is InChI=1S/C15H19NO4S/c1-19-15(18)13-11(9-4-5-9)8-21-14(13)16-12(17)7-10-3-2-6-20-10/h8-10H,2-7H2,1H3,(H,16,17)/t10-/m1/s1. The largest absolute Gasteiger partial charge is 0.465 e. The van der Waals surface area contributed by atoms with Gasteiger partial charge in [0.15, 0.2) is 0 Å². The van der Waals surface area contributed by atoms with E-state index in [1.165, 1.54) is 18.4 Å². The summed E-state index contributed by atoms with van der Waals surface area (Å²) in [5.74, 6) is -0.0269. The lowest BCUT2D eigenvalue weighted by molar-refractivity contribution is -0.118. The average Bonchev–Trinajstić information content (AvgIpc) is 3.03. The van der Waals surface area contributed by atoms with E-state index in [9.17, 15) is 9.59 Å². The monoisotopic (exact) mass is 309 g/mol. The van der Waals surface area contributed by atoms with Crippen molar-refractivity contribution >= 4 is 28.2 Å². The first-order chi connectivity index (χ1) is 10.2. The maximum absolute atomic E-state index is 12.1. The third kappa shape index (κ3) is 3.27. The van der Waals surface area contributed by atoms with Crippen LogP contribution in [0, 0.1) is 0 Å². The summed E-state index contributed by atoms with van der Waals surface area (Å²) in [6.45, 7) is 0.732. The van der Waals surface area contributed by atoms with Crippen LogP contribution in [0.5, 0.6) is 0 Å². The molecule has 1 aromatic heterocycles. The molecule has 0 radical (unpaired) electrons. The molecule has 3 rings (SSSR count). The number of anilines is 1. The third-order valence-electron chi connectivity index (χ3n) is 3.92. The molecule has 2 fully saturated rings. The van der Waals surface area contributed by atoms with Crippen molar-refractivity contribution in [2.45, 2.75) is 44.1 Å². The van der Waals surface area contributed by atoms with E-state index in [0.29, 0.717) is 22.9 Å². The highest BCUT2D eigenvalue weighted by Crippen LogP contribution is 2.46. The normalized spacial score (nSPS) is 21.3. The zero-order chi connectivity index (χ0) is 14.8. The van der Waals surface area contributed by atoms with E-state index >= 15 is 0 Å². The molecule has 5 nitrogen and oxygen atoms in total. The molecule has 21 heavy (non-hydrogen) atoms. The lowest BCUT2D eigenvalue weighted by atomic mass is 10.1. The zero-order valence-corrected chi connectivity index (χ0v) is 12.8. The van der Waals surface area contributed by atoms with Crippen LogP contribution in [0.3, 0.4) is 0 Å². The third-order valence-corrected chi connectivity index (χ3v) is 4.83. The number of carbonyl (C=O) groups excluding carboxylic acids is 2. The maximum atomic E-state index is 12.1. The van der Waals surface area contributed by atoms with Crippen LogP contribution >= 0.6 is 11.3 Å². The molecule has 2 aliphatic rings. The molecular weight excluding hydrogens is 290 g/mol. The van der Waals surface area contributed by atoms with Gasteiger partial charge in [-0.25, -0.2) is 4.79 Å². The average molecular weight is 309 g/mol. The summed E-state index contributed by atoms with van der Waals surface area (Å²) in [6.07, 6.45) is 4.49. The second-order valence-corrected chi connectivity index (χ2v) is 6.43. The number of hydrogen-bond donors (Lipinski definition) is 1. The molecule has 1 saturated heterocycles. The molecule has 1 aromatic rings. The summed E-state index contributed by atoms with van der Waals surface area (Å²) >= 11 is 1.40. The van der Waals surface area contributed by atoms with Gasteiger partial charge in [0.2, 0.25) is 5.91 Å². The highest BCUT2D eigenvalue weighted by Gasteiger charge is 2.32. The van der Waals surface area contributed by atoms with Crippen molar-refractivity contribution in [1.29, 1.82) is 0 Å². The maximum Gasteiger partial charge on any atom is 0.341 e. The SMILES string of the molecule is COC(=O)c1c(C2CC2)csc1NC(=O)C[C@H]1CCCO1. The molecule has 0 aromatic carbocycles. The van der Waals surface area contributed by atoms with Gasteiger partial charge < -0.3 is 14.8 Å². The van der Waals surface area contributed by atoms with Gasteiger partial charge in [0.25, 0.3) is 0 Å². The molecular formula is C15H19NO4S. The van der Waals surface area contributed by atoms with Crippen molar-refractivity contribution in [3.05, 3.63) is 16.5 Å². The smallest absolute Gasteiger partial charge is 0.341 e. The van der Waals surface area contributed by atoms with Crippen molar-refractivity contribution in [3.63, 3.8) is 0 Å². The van der Waals surface area contributed by atoms with Crippen LogP contribution < -0.4 is 5.32 Å². The minimum absolute atomic E-state index is 0.00874. The van der Waals surface area contributed by atoms with E-state index < -0.39 is 0 Å². The number of esters is 1. The minimum atomic E-state index is -0.370. The molecule has 6 heteroatoms. The molecule has 1 N–H and O–H groups in total. The van der Waals surface area contributed by atoms with Crippen molar-refractivity contribution in [2.24, 2.45) is 0 Å². The van der Waals surface area contributed by atoms with E-state index in [4.69, 9.17) is 9.47 Å². The van der Waals surface area contributed by atoms with Crippen LogP contribution in [0.1, 0.15) is 53.9 Å². The molecule has 1 atom stereocenters. The zero-order valence-electron chi connectivity index (χ0n) is 12.0. The van der Waals surface area contributed by atoms with E-state index in [-0.39, 0.29) is 18.0 Å². The van der Waals surface area contributed by atoms with Gasteiger partial charge in [-0.1, -0.05) is 0 Å². The molecule has 0 bridgehead atoms. The summed E-state index contributed by atoms with van der Waals surface area (Å²) in [4.78, 5) is 24.1. The van der Waals surface area contributed by atoms with Gasteiger partial charge in [-0.2, -0.15) is 0 Å². The Morgan fingerprint density at radius 3 is 2.86 bits per heavy atom. The van der Waals surface area contributed by atoms with Crippen LogP contribution in [0.4, 0.5) is 5.00 Å². The number of methoxy groups -OCH3 is 1. The van der Waals surface area contributed by atoms with Gasteiger partial charge in [0.1, 0.15) is 5.00 Å². The van der Waals surface area contributed by atoms with Gasteiger partial charge in [0, 0.05) is 6.61 Å². The number of ether oxygens (including phenoxy) is 2. The Kier molecular flexibility index (Phi) is 4.26. The van der Waals surface area contributed by atoms with Gasteiger partial charge in [-0.05, 0) is 42.5 Å². The van der Waals surface area contributed by atoms with Crippen molar-refractivity contribution in [3.8, 4) is 0 Å². The topological polar surface area (TPSA) is 64.6 Å². The minimum Gasteiger partial charge on any atom is -0.465 e. The molecule has 2 heterocycles. The molecule has 114 valence electrons. The summed E-state index contributed by atoms with van der Waals surface area (Å²) in [7, 11) is 1.37. The van der Waals surface area contributed by atoms with Crippen LogP contribution in [0.15, 0.2) is 5.38 Å². The van der Waals surface area contributed by atoms with E-state index in [2.05, 4.69) is 5.32 Å². The fourth-order valence-electron chi connectivity index (χ4n) is 2.66. The first-order valence-corrected chi connectivity index (χ1v) is 8.18. The Labute approximate surface area is 127 Å². The number of nitrogens with one attached hydrogen (secondary N) is 1. The lowest BCUT2D eigenvalue weighted by Crippen LogP contribution is -2.20. The van der Waals surface area contributed by atoms with Gasteiger partial charge in [-0.15, -0.1) is 11.3 Å². The van der Waals surface area contributed by atoms with Gasteiger partial charge in [-0.3, -0.25) is 4.79 Å². The Hall–Kier alpha value is -1.40. The second-order valence-electron chi connectivity index (χ2n) is 5.55. The number of hydrogen-bond acceptors (Lipinski definition) is 5. The van der Waals surface area contributed by atoms with Crippen LogP contribution in [0.2, 0.25) is 0 Å². The number of thiophene rings is 1. The van der Waals surface area contributed by atoms with Crippen molar-refractivity contribution in [2.75, 3.05) is 19.0 Å². The quantitative estimate of drug-likeness (QED) is 0.849. The Morgan fingerprint density at radius 2 is 2.24 bits per heavy atom. The molecule has 0 unspecified atom stereocenters. The Balaban J connectivity index is 1.71. The Morgan fingerprint density at radius 1 is 1.43 bits per heavy atom.